The summed E-state index contributed by atoms with van der Waals surface area (Å²) in [6, 6.07) is 8.34. The van der Waals surface area contributed by atoms with E-state index in [4.69, 9.17) is 0 Å². The second-order valence-electron chi connectivity index (χ2n) is 7.69. The van der Waals surface area contributed by atoms with Crippen LogP contribution in [0.15, 0.2) is 24.3 Å². The monoisotopic (exact) mass is 328 g/mol. The molecule has 0 aromatic heterocycles. The second-order valence-corrected chi connectivity index (χ2v) is 7.69. The van der Waals surface area contributed by atoms with Crippen molar-refractivity contribution in [3.8, 4) is 0 Å². The van der Waals surface area contributed by atoms with E-state index in [2.05, 4.69) is 24.1 Å². The van der Waals surface area contributed by atoms with Gasteiger partial charge >= 0.3 is 0 Å². The minimum Gasteiger partial charge on any atom is -0.339 e. The van der Waals surface area contributed by atoms with Gasteiger partial charge in [0.15, 0.2) is 0 Å². The van der Waals surface area contributed by atoms with Gasteiger partial charge in [-0.3, -0.25) is 4.79 Å². The van der Waals surface area contributed by atoms with Crippen LogP contribution in [0.2, 0.25) is 0 Å². The van der Waals surface area contributed by atoms with Crippen LogP contribution in [-0.2, 0) is 6.42 Å². The van der Waals surface area contributed by atoms with Crippen LogP contribution < -0.4 is 0 Å². The SMILES string of the molecule is CN1CCC(CCCCc2ccc(C(=O)N3CCCC3)cc2)CC1. The molecule has 1 aromatic rings. The second kappa shape index (κ2) is 8.66. The van der Waals surface area contributed by atoms with Crippen LogP contribution in [-0.4, -0.2) is 48.9 Å². The number of nitrogens with zero attached hydrogens (tertiary/aromatic N) is 2. The molecule has 0 bridgehead atoms. The molecule has 0 radical (unpaired) electrons. The highest BCUT2D eigenvalue weighted by Crippen LogP contribution is 2.22. The summed E-state index contributed by atoms with van der Waals surface area (Å²) < 4.78 is 0. The third-order valence-electron chi connectivity index (χ3n) is 5.76. The Kier molecular flexibility index (Phi) is 6.30. The third-order valence-corrected chi connectivity index (χ3v) is 5.76. The number of carbonyl (C=O) groups is 1. The molecule has 0 unspecified atom stereocenters. The van der Waals surface area contributed by atoms with Crippen LogP contribution in [0.1, 0.15) is 60.9 Å². The van der Waals surface area contributed by atoms with Crippen LogP contribution >= 0.6 is 0 Å². The van der Waals surface area contributed by atoms with Gasteiger partial charge in [0, 0.05) is 18.7 Å². The van der Waals surface area contributed by atoms with Crippen LogP contribution in [0, 0.1) is 5.92 Å². The van der Waals surface area contributed by atoms with Gasteiger partial charge in [-0.15, -0.1) is 0 Å². The van der Waals surface area contributed by atoms with Gasteiger partial charge in [0.2, 0.25) is 0 Å². The highest BCUT2D eigenvalue weighted by atomic mass is 16.2. The van der Waals surface area contributed by atoms with E-state index in [-0.39, 0.29) is 5.91 Å². The summed E-state index contributed by atoms with van der Waals surface area (Å²) in [6.45, 7) is 4.41. The van der Waals surface area contributed by atoms with Gasteiger partial charge in [-0.05, 0) is 82.3 Å². The Morgan fingerprint density at radius 2 is 1.67 bits per heavy atom. The predicted octanol–water partition coefficient (Wildman–Crippen LogP) is 3.98. The number of benzene rings is 1. The van der Waals surface area contributed by atoms with E-state index < -0.39 is 0 Å². The molecule has 3 rings (SSSR count). The van der Waals surface area contributed by atoms with E-state index in [1.54, 1.807) is 0 Å². The molecule has 0 atom stereocenters. The first kappa shape index (κ1) is 17.5. The Balaban J connectivity index is 1.37. The average Bonchev–Trinajstić information content (AvgIpc) is 3.15. The Bertz CT molecular complexity index is 511. The smallest absolute Gasteiger partial charge is 0.253 e. The molecular weight excluding hydrogens is 296 g/mol. The van der Waals surface area contributed by atoms with Crippen molar-refractivity contribution in [1.82, 2.24) is 9.80 Å². The number of likely N-dealkylation sites (tertiary alicyclic amines) is 2. The number of hydrogen-bond donors (Lipinski definition) is 0. The van der Waals surface area contributed by atoms with Gasteiger partial charge in [0.05, 0.1) is 0 Å². The van der Waals surface area contributed by atoms with Crippen LogP contribution in [0.25, 0.3) is 0 Å². The molecule has 3 nitrogen and oxygen atoms in total. The maximum atomic E-state index is 12.3. The third kappa shape index (κ3) is 4.83. The van der Waals surface area contributed by atoms with Crippen molar-refractivity contribution in [2.24, 2.45) is 5.92 Å². The van der Waals surface area contributed by atoms with Gasteiger partial charge in [0.25, 0.3) is 5.91 Å². The molecule has 1 amide bonds. The van der Waals surface area contributed by atoms with Crippen molar-refractivity contribution in [2.45, 2.75) is 51.4 Å². The Labute approximate surface area is 147 Å². The number of rotatable bonds is 6. The number of amides is 1. The van der Waals surface area contributed by atoms with E-state index in [0.29, 0.717) is 0 Å². The number of aryl methyl sites for hydroxylation is 1. The number of carbonyl (C=O) groups excluding carboxylic acids is 1. The first-order valence-electron chi connectivity index (χ1n) is 9.79. The molecule has 0 N–H and O–H groups in total. The zero-order chi connectivity index (χ0) is 16.8. The minimum absolute atomic E-state index is 0.210. The Morgan fingerprint density at radius 1 is 1.00 bits per heavy atom. The lowest BCUT2D eigenvalue weighted by Crippen LogP contribution is -2.30. The van der Waals surface area contributed by atoms with Gasteiger partial charge in [0.1, 0.15) is 0 Å². The molecule has 2 aliphatic heterocycles. The summed E-state index contributed by atoms with van der Waals surface area (Å²) in [6.07, 6.45) is 10.2. The maximum Gasteiger partial charge on any atom is 0.253 e. The molecular formula is C21H32N2O. The fourth-order valence-corrected chi connectivity index (χ4v) is 4.03. The number of unbranched alkanes of at least 4 members (excludes halogenated alkanes) is 1. The summed E-state index contributed by atoms with van der Waals surface area (Å²) in [4.78, 5) is 16.8. The molecule has 2 aliphatic rings. The standard InChI is InChI=1S/C21H32N2O/c1-22-16-12-19(13-17-22)7-3-2-6-18-8-10-20(11-9-18)21(24)23-14-4-5-15-23/h8-11,19H,2-7,12-17H2,1H3. The topological polar surface area (TPSA) is 23.6 Å². The minimum atomic E-state index is 0.210. The number of hydrogen-bond acceptors (Lipinski definition) is 2. The first-order chi connectivity index (χ1) is 11.7. The average molecular weight is 329 g/mol. The maximum absolute atomic E-state index is 12.3. The van der Waals surface area contributed by atoms with Gasteiger partial charge in [-0.1, -0.05) is 25.0 Å². The van der Waals surface area contributed by atoms with Crippen molar-refractivity contribution >= 4 is 5.91 Å². The fourth-order valence-electron chi connectivity index (χ4n) is 4.03. The van der Waals surface area contributed by atoms with Crippen LogP contribution in [0.5, 0.6) is 0 Å². The van der Waals surface area contributed by atoms with Gasteiger partial charge < -0.3 is 9.80 Å². The summed E-state index contributed by atoms with van der Waals surface area (Å²) in [7, 11) is 2.23. The Hall–Kier alpha value is -1.35. The lowest BCUT2D eigenvalue weighted by molar-refractivity contribution is 0.0793. The van der Waals surface area contributed by atoms with Crippen LogP contribution in [0.3, 0.4) is 0 Å². The molecule has 2 saturated heterocycles. The van der Waals surface area contributed by atoms with Crippen molar-refractivity contribution < 1.29 is 4.79 Å². The lowest BCUT2D eigenvalue weighted by Gasteiger charge is -2.28. The molecule has 0 spiro atoms. The molecule has 2 heterocycles. The summed E-state index contributed by atoms with van der Waals surface area (Å²) in [5, 5.41) is 0. The van der Waals surface area contributed by atoms with E-state index in [9.17, 15) is 4.79 Å². The van der Waals surface area contributed by atoms with E-state index in [1.807, 2.05) is 17.0 Å². The summed E-state index contributed by atoms with van der Waals surface area (Å²) in [5.41, 5.74) is 2.23. The molecule has 3 heteroatoms. The number of piperidine rings is 1. The summed E-state index contributed by atoms with van der Waals surface area (Å²) >= 11 is 0. The largest absolute Gasteiger partial charge is 0.339 e. The molecule has 0 saturated carbocycles. The molecule has 24 heavy (non-hydrogen) atoms. The predicted molar refractivity (Wildman–Crippen MR) is 99.4 cm³/mol. The molecule has 2 fully saturated rings. The highest BCUT2D eigenvalue weighted by Gasteiger charge is 2.19. The molecule has 1 aromatic carbocycles. The van der Waals surface area contributed by atoms with E-state index in [0.717, 1.165) is 43.8 Å². The highest BCUT2D eigenvalue weighted by molar-refractivity contribution is 5.94. The van der Waals surface area contributed by atoms with Crippen molar-refractivity contribution in [3.63, 3.8) is 0 Å². The van der Waals surface area contributed by atoms with Crippen molar-refractivity contribution in [2.75, 3.05) is 33.2 Å². The Morgan fingerprint density at radius 3 is 2.33 bits per heavy atom. The van der Waals surface area contributed by atoms with Crippen molar-refractivity contribution in [1.29, 1.82) is 0 Å². The van der Waals surface area contributed by atoms with Crippen LogP contribution in [0.4, 0.5) is 0 Å². The summed E-state index contributed by atoms with van der Waals surface area (Å²) in [5.74, 6) is 1.16. The molecule has 0 aliphatic carbocycles. The van der Waals surface area contributed by atoms with E-state index in [1.165, 1.54) is 50.8 Å². The van der Waals surface area contributed by atoms with Gasteiger partial charge in [-0.2, -0.15) is 0 Å². The first-order valence-corrected chi connectivity index (χ1v) is 9.79. The van der Waals surface area contributed by atoms with Gasteiger partial charge in [-0.25, -0.2) is 0 Å². The zero-order valence-corrected chi connectivity index (χ0v) is 15.2. The fraction of sp³-hybridized carbons (Fsp3) is 0.667. The van der Waals surface area contributed by atoms with E-state index >= 15 is 0 Å². The molecule has 132 valence electrons. The quantitative estimate of drug-likeness (QED) is 0.738. The lowest BCUT2D eigenvalue weighted by atomic mass is 9.91. The zero-order valence-electron chi connectivity index (χ0n) is 15.2. The normalized spacial score (nSPS) is 19.8. The van der Waals surface area contributed by atoms with Crippen molar-refractivity contribution in [3.05, 3.63) is 35.4 Å².